The molecule has 0 heterocycles. The summed E-state index contributed by atoms with van der Waals surface area (Å²) in [7, 11) is 0. The van der Waals surface area contributed by atoms with Gasteiger partial charge in [-0.15, -0.1) is 0 Å². The quantitative estimate of drug-likeness (QED) is 0.504. The van der Waals surface area contributed by atoms with Gasteiger partial charge in [0, 0.05) is 6.42 Å². The highest BCUT2D eigenvalue weighted by Crippen LogP contribution is 2.07. The fourth-order valence-corrected chi connectivity index (χ4v) is 1.41. The van der Waals surface area contributed by atoms with Gasteiger partial charge in [0.15, 0.2) is 5.78 Å². The van der Waals surface area contributed by atoms with Gasteiger partial charge < -0.3 is 20.4 Å². The summed E-state index contributed by atoms with van der Waals surface area (Å²) in [6.45, 7) is -0.711. The van der Waals surface area contributed by atoms with Crippen molar-refractivity contribution >= 4 is 5.78 Å². The largest absolute Gasteiger partial charge is 0.394 e. The molecule has 0 saturated heterocycles. The van der Waals surface area contributed by atoms with Crippen molar-refractivity contribution < 1.29 is 25.2 Å². The molecule has 17 heavy (non-hydrogen) atoms. The molecule has 4 N–H and O–H groups in total. The topological polar surface area (TPSA) is 98.0 Å². The Labute approximate surface area is 99.0 Å². The monoisotopic (exact) mass is 240 g/mol. The Hall–Kier alpha value is -1.27. The van der Waals surface area contributed by atoms with Crippen LogP contribution in [0.1, 0.15) is 5.56 Å². The predicted molar refractivity (Wildman–Crippen MR) is 60.3 cm³/mol. The third kappa shape index (κ3) is 3.90. The van der Waals surface area contributed by atoms with Crippen LogP contribution in [0.4, 0.5) is 0 Å². The summed E-state index contributed by atoms with van der Waals surface area (Å²) < 4.78 is 0. The molecule has 0 aliphatic rings. The summed E-state index contributed by atoms with van der Waals surface area (Å²) in [6, 6.07) is 8.76. The first kappa shape index (κ1) is 13.8. The van der Waals surface area contributed by atoms with Crippen LogP contribution in [0.15, 0.2) is 30.3 Å². The first-order chi connectivity index (χ1) is 8.06. The standard InChI is InChI=1S/C12H16O5/c13-7-10(15)12(17)11(16)9(14)6-8-4-2-1-3-5-8/h1-5,10-13,15-17H,6-7H2/t10-,11-,12-/m1/s1. The average Bonchev–Trinajstić information content (AvgIpc) is 2.37. The van der Waals surface area contributed by atoms with Gasteiger partial charge in [-0.2, -0.15) is 0 Å². The Morgan fingerprint density at radius 1 is 1.12 bits per heavy atom. The number of rotatable bonds is 6. The van der Waals surface area contributed by atoms with Crippen LogP contribution in [0.3, 0.4) is 0 Å². The summed E-state index contributed by atoms with van der Waals surface area (Å²) in [5.41, 5.74) is 0.710. The Morgan fingerprint density at radius 2 is 1.71 bits per heavy atom. The summed E-state index contributed by atoms with van der Waals surface area (Å²) in [4.78, 5) is 11.6. The molecule has 1 aromatic carbocycles. The lowest BCUT2D eigenvalue weighted by molar-refractivity contribution is -0.139. The highest BCUT2D eigenvalue weighted by Gasteiger charge is 2.29. The number of hydrogen-bond donors (Lipinski definition) is 4. The molecular formula is C12H16O5. The van der Waals surface area contributed by atoms with Crippen LogP contribution in [0.25, 0.3) is 0 Å². The molecular weight excluding hydrogens is 224 g/mol. The fourth-order valence-electron chi connectivity index (χ4n) is 1.41. The minimum atomic E-state index is -1.70. The average molecular weight is 240 g/mol. The third-order valence-corrected chi connectivity index (χ3v) is 2.46. The van der Waals surface area contributed by atoms with Crippen LogP contribution in [-0.2, 0) is 11.2 Å². The molecule has 0 amide bonds. The van der Waals surface area contributed by atoms with E-state index in [1.807, 2.05) is 0 Å². The highest BCUT2D eigenvalue weighted by atomic mass is 16.4. The SMILES string of the molecule is O=C(Cc1ccccc1)[C@@H](O)[C@H](O)[C@H](O)CO. The lowest BCUT2D eigenvalue weighted by Crippen LogP contribution is -2.44. The Kier molecular flexibility index (Phi) is 5.24. The van der Waals surface area contributed by atoms with Gasteiger partial charge in [0.2, 0.25) is 0 Å². The van der Waals surface area contributed by atoms with Crippen LogP contribution in [0.2, 0.25) is 0 Å². The fraction of sp³-hybridized carbons (Fsp3) is 0.417. The maximum Gasteiger partial charge on any atom is 0.168 e. The zero-order chi connectivity index (χ0) is 12.8. The van der Waals surface area contributed by atoms with Gasteiger partial charge in [0.05, 0.1) is 6.61 Å². The van der Waals surface area contributed by atoms with Gasteiger partial charge in [-0.05, 0) is 5.56 Å². The zero-order valence-electron chi connectivity index (χ0n) is 9.23. The van der Waals surface area contributed by atoms with E-state index in [1.165, 1.54) is 0 Å². The molecule has 0 radical (unpaired) electrons. The highest BCUT2D eigenvalue weighted by molar-refractivity contribution is 5.85. The normalized spacial score (nSPS) is 16.2. The van der Waals surface area contributed by atoms with E-state index >= 15 is 0 Å². The number of aliphatic hydroxyl groups excluding tert-OH is 4. The van der Waals surface area contributed by atoms with Crippen molar-refractivity contribution in [3.05, 3.63) is 35.9 Å². The van der Waals surface area contributed by atoms with Crippen LogP contribution in [-0.4, -0.2) is 51.1 Å². The van der Waals surface area contributed by atoms with E-state index in [1.54, 1.807) is 30.3 Å². The number of carbonyl (C=O) groups excluding carboxylic acids is 1. The zero-order valence-corrected chi connectivity index (χ0v) is 9.23. The first-order valence-corrected chi connectivity index (χ1v) is 5.28. The van der Waals surface area contributed by atoms with Crippen LogP contribution >= 0.6 is 0 Å². The van der Waals surface area contributed by atoms with Gasteiger partial charge in [0.1, 0.15) is 18.3 Å². The van der Waals surface area contributed by atoms with E-state index < -0.39 is 30.7 Å². The van der Waals surface area contributed by atoms with Gasteiger partial charge in [-0.25, -0.2) is 0 Å². The summed E-state index contributed by atoms with van der Waals surface area (Å²) in [5, 5.41) is 36.5. The number of Topliss-reactive ketones (excluding diaryl/α,β-unsaturated/α-hetero) is 1. The van der Waals surface area contributed by atoms with Crippen LogP contribution in [0.5, 0.6) is 0 Å². The predicted octanol–water partition coefficient (Wildman–Crippen LogP) is -1.13. The molecule has 0 aliphatic carbocycles. The molecule has 94 valence electrons. The Morgan fingerprint density at radius 3 is 2.24 bits per heavy atom. The molecule has 0 spiro atoms. The van der Waals surface area contributed by atoms with Crippen molar-refractivity contribution in [1.29, 1.82) is 0 Å². The molecule has 0 unspecified atom stereocenters. The van der Waals surface area contributed by atoms with Crippen molar-refractivity contribution in [1.82, 2.24) is 0 Å². The van der Waals surface area contributed by atoms with Crippen molar-refractivity contribution in [2.75, 3.05) is 6.61 Å². The molecule has 5 nitrogen and oxygen atoms in total. The van der Waals surface area contributed by atoms with E-state index in [0.29, 0.717) is 5.56 Å². The minimum absolute atomic E-state index is 0.0305. The van der Waals surface area contributed by atoms with Crippen LogP contribution in [0, 0.1) is 0 Å². The summed E-state index contributed by atoms with van der Waals surface area (Å²) in [5.74, 6) is -0.601. The second-order valence-corrected chi connectivity index (χ2v) is 3.81. The van der Waals surface area contributed by atoms with E-state index in [9.17, 15) is 15.0 Å². The smallest absolute Gasteiger partial charge is 0.168 e. The van der Waals surface area contributed by atoms with Gasteiger partial charge in [-0.1, -0.05) is 30.3 Å². The first-order valence-electron chi connectivity index (χ1n) is 5.28. The van der Waals surface area contributed by atoms with E-state index in [0.717, 1.165) is 0 Å². The number of aliphatic hydroxyl groups is 4. The van der Waals surface area contributed by atoms with Crippen LogP contribution < -0.4 is 0 Å². The van der Waals surface area contributed by atoms with Crippen molar-refractivity contribution in [3.8, 4) is 0 Å². The van der Waals surface area contributed by atoms with Crippen molar-refractivity contribution in [2.45, 2.75) is 24.7 Å². The molecule has 0 aromatic heterocycles. The van der Waals surface area contributed by atoms with Crippen molar-refractivity contribution in [3.63, 3.8) is 0 Å². The molecule has 5 heteroatoms. The summed E-state index contributed by atoms with van der Waals surface area (Å²) >= 11 is 0. The molecule has 1 rings (SSSR count). The third-order valence-electron chi connectivity index (χ3n) is 2.46. The second-order valence-electron chi connectivity index (χ2n) is 3.81. The Bertz CT molecular complexity index is 351. The molecule has 1 aromatic rings. The molecule has 0 aliphatic heterocycles. The maximum absolute atomic E-state index is 11.6. The maximum atomic E-state index is 11.6. The Balaban J connectivity index is 2.59. The number of ketones is 1. The molecule has 0 saturated carbocycles. The van der Waals surface area contributed by atoms with E-state index in [-0.39, 0.29) is 6.42 Å². The lowest BCUT2D eigenvalue weighted by atomic mass is 9.99. The summed E-state index contributed by atoms with van der Waals surface area (Å²) in [6.07, 6.45) is -4.92. The number of hydrogen-bond acceptors (Lipinski definition) is 5. The van der Waals surface area contributed by atoms with E-state index in [2.05, 4.69) is 0 Å². The molecule has 0 fully saturated rings. The molecule has 3 atom stereocenters. The number of carbonyl (C=O) groups is 1. The minimum Gasteiger partial charge on any atom is -0.394 e. The van der Waals surface area contributed by atoms with E-state index in [4.69, 9.17) is 10.2 Å². The number of benzene rings is 1. The van der Waals surface area contributed by atoms with Crippen molar-refractivity contribution in [2.24, 2.45) is 0 Å². The van der Waals surface area contributed by atoms with Gasteiger partial charge in [-0.3, -0.25) is 4.79 Å². The molecule has 0 bridgehead atoms. The lowest BCUT2D eigenvalue weighted by Gasteiger charge is -2.20. The van der Waals surface area contributed by atoms with Gasteiger partial charge >= 0.3 is 0 Å². The van der Waals surface area contributed by atoms with Gasteiger partial charge in [0.25, 0.3) is 0 Å². The second kappa shape index (κ2) is 6.46.